The van der Waals surface area contributed by atoms with E-state index in [2.05, 4.69) is 5.32 Å². The third-order valence-corrected chi connectivity index (χ3v) is 7.73. The number of benzene rings is 3. The highest BCUT2D eigenvalue weighted by atomic mass is 35.5. The molecule has 1 fully saturated rings. The number of piperazine rings is 1. The molecule has 1 saturated heterocycles. The molecule has 0 aromatic heterocycles. The number of hydrogen-bond donors (Lipinski definition) is 1. The van der Waals surface area contributed by atoms with Crippen molar-refractivity contribution in [3.8, 4) is 11.5 Å². The van der Waals surface area contributed by atoms with Gasteiger partial charge >= 0.3 is 6.03 Å². The lowest BCUT2D eigenvalue weighted by molar-refractivity contribution is 0.157. The Hall–Kier alpha value is -3.30. The van der Waals surface area contributed by atoms with Crippen molar-refractivity contribution in [3.63, 3.8) is 0 Å². The Bertz CT molecular complexity index is 1380. The largest absolute Gasteiger partial charge is 0.496 e. The number of ether oxygens (including phenoxy) is 3. The van der Waals surface area contributed by atoms with E-state index in [9.17, 15) is 4.79 Å². The normalized spacial score (nSPS) is 19.0. The summed E-state index contributed by atoms with van der Waals surface area (Å²) in [6.07, 6.45) is 0. The zero-order valence-electron chi connectivity index (χ0n) is 22.7. The van der Waals surface area contributed by atoms with Crippen LogP contribution in [0.1, 0.15) is 34.3 Å². The van der Waals surface area contributed by atoms with Gasteiger partial charge in [-0.1, -0.05) is 47.5 Å². The maximum Gasteiger partial charge on any atom is 0.326 e. The molecule has 0 spiro atoms. The average Bonchev–Trinajstić information content (AvgIpc) is 3.38. The van der Waals surface area contributed by atoms with Gasteiger partial charge in [-0.15, -0.1) is 0 Å². The van der Waals surface area contributed by atoms with Crippen molar-refractivity contribution >= 4 is 35.1 Å². The fourth-order valence-electron chi connectivity index (χ4n) is 5.27. The second-order valence-corrected chi connectivity index (χ2v) is 10.5. The van der Waals surface area contributed by atoms with Gasteiger partial charge in [-0.25, -0.2) is 4.79 Å². The van der Waals surface area contributed by atoms with Crippen LogP contribution in [0.25, 0.3) is 0 Å². The summed E-state index contributed by atoms with van der Waals surface area (Å²) in [5, 5.41) is 4.57. The Kier molecular flexibility index (Phi) is 8.81. The fourth-order valence-corrected chi connectivity index (χ4v) is 5.52. The Balaban J connectivity index is 1.72. The number of aliphatic imine (C=N–C) groups is 1. The lowest BCUT2D eigenvalue weighted by atomic mass is 9.93. The molecule has 0 aliphatic carbocycles. The second-order valence-electron chi connectivity index (χ2n) is 9.63. The van der Waals surface area contributed by atoms with Crippen LogP contribution in [0.5, 0.6) is 11.5 Å². The SMILES string of the molecule is COCc1cc(C2=N[C@H](c3ccc(Cl)cc3)[C@H](c3ccc(Cl)cc3)N2C(=O)N2CCNCC2)c(OC)cc1OC. The molecule has 2 heterocycles. The summed E-state index contributed by atoms with van der Waals surface area (Å²) in [5.41, 5.74) is 3.34. The predicted molar refractivity (Wildman–Crippen MR) is 157 cm³/mol. The maximum atomic E-state index is 14.4. The minimum absolute atomic E-state index is 0.122. The number of methoxy groups -OCH3 is 3. The van der Waals surface area contributed by atoms with E-state index in [1.54, 1.807) is 26.2 Å². The third-order valence-electron chi connectivity index (χ3n) is 7.23. The average molecular weight is 584 g/mol. The van der Waals surface area contributed by atoms with Crippen LogP contribution in [0, 0.1) is 0 Å². The number of urea groups is 1. The zero-order chi connectivity index (χ0) is 28.2. The van der Waals surface area contributed by atoms with E-state index < -0.39 is 12.1 Å². The highest BCUT2D eigenvalue weighted by Crippen LogP contribution is 2.46. The first-order valence-electron chi connectivity index (χ1n) is 13.1. The van der Waals surface area contributed by atoms with E-state index in [0.717, 1.165) is 29.8 Å². The molecule has 2 aliphatic rings. The number of hydrogen-bond acceptors (Lipinski definition) is 6. The number of amides is 2. The van der Waals surface area contributed by atoms with Crippen LogP contribution in [0.2, 0.25) is 10.0 Å². The molecule has 0 bridgehead atoms. The molecule has 0 saturated carbocycles. The highest BCUT2D eigenvalue weighted by Gasteiger charge is 2.44. The van der Waals surface area contributed by atoms with E-state index in [0.29, 0.717) is 52.6 Å². The standard InChI is InChI=1S/C30H32Cl2N4O4/c1-38-18-21-16-24(26(40-3)17-25(21)39-2)29-34-27(19-4-8-22(31)9-5-19)28(20-6-10-23(32)11-7-20)36(29)30(37)35-14-12-33-13-15-35/h4-11,16-17,27-28,33H,12-15,18H2,1-3H3/t27-,28+/m1/s1. The van der Waals surface area contributed by atoms with E-state index in [4.69, 9.17) is 42.4 Å². The number of amidine groups is 1. The van der Waals surface area contributed by atoms with Crippen LogP contribution in [-0.4, -0.2) is 69.2 Å². The number of nitrogens with zero attached hydrogens (tertiary/aromatic N) is 3. The summed E-state index contributed by atoms with van der Waals surface area (Å²) in [5.74, 6) is 1.69. The smallest absolute Gasteiger partial charge is 0.326 e. The Morgan fingerprint density at radius 2 is 1.50 bits per heavy atom. The topological polar surface area (TPSA) is 75.6 Å². The number of nitrogens with one attached hydrogen (secondary N) is 1. The van der Waals surface area contributed by atoms with Gasteiger partial charge in [0.2, 0.25) is 0 Å². The zero-order valence-corrected chi connectivity index (χ0v) is 24.2. The molecule has 3 aromatic rings. The van der Waals surface area contributed by atoms with Gasteiger partial charge in [-0.05, 0) is 41.5 Å². The maximum absolute atomic E-state index is 14.4. The molecule has 40 heavy (non-hydrogen) atoms. The first-order valence-corrected chi connectivity index (χ1v) is 13.8. The lowest BCUT2D eigenvalue weighted by Gasteiger charge is -2.36. The second kappa shape index (κ2) is 12.5. The van der Waals surface area contributed by atoms with Crippen molar-refractivity contribution in [2.75, 3.05) is 47.5 Å². The number of rotatable bonds is 7. The van der Waals surface area contributed by atoms with Crippen LogP contribution in [0.4, 0.5) is 4.79 Å². The summed E-state index contributed by atoms with van der Waals surface area (Å²) in [6, 6.07) is 18.0. The number of carbonyl (C=O) groups is 1. The van der Waals surface area contributed by atoms with Crippen LogP contribution in [0.3, 0.4) is 0 Å². The first kappa shape index (κ1) is 28.2. The minimum Gasteiger partial charge on any atom is -0.496 e. The summed E-state index contributed by atoms with van der Waals surface area (Å²) in [4.78, 5) is 23.3. The van der Waals surface area contributed by atoms with Gasteiger partial charge in [0.1, 0.15) is 23.4 Å². The lowest BCUT2D eigenvalue weighted by Crippen LogP contribution is -2.53. The van der Waals surface area contributed by atoms with Gasteiger partial charge in [0.15, 0.2) is 0 Å². The van der Waals surface area contributed by atoms with Crippen LogP contribution in [0.15, 0.2) is 65.7 Å². The van der Waals surface area contributed by atoms with E-state index in [-0.39, 0.29) is 6.03 Å². The van der Waals surface area contributed by atoms with Crippen LogP contribution in [-0.2, 0) is 11.3 Å². The van der Waals surface area contributed by atoms with E-state index in [1.165, 1.54) is 0 Å². The van der Waals surface area contributed by atoms with E-state index in [1.807, 2.05) is 65.6 Å². The van der Waals surface area contributed by atoms with Crippen molar-refractivity contribution in [2.45, 2.75) is 18.7 Å². The van der Waals surface area contributed by atoms with Crippen molar-refractivity contribution in [1.82, 2.24) is 15.1 Å². The summed E-state index contributed by atoms with van der Waals surface area (Å²) >= 11 is 12.5. The molecule has 3 aromatic carbocycles. The van der Waals surface area contributed by atoms with Gasteiger partial charge in [0.05, 0.1) is 32.4 Å². The molecule has 2 aliphatic heterocycles. The molecule has 0 unspecified atom stereocenters. The van der Waals surface area contributed by atoms with Gasteiger partial charge in [-0.3, -0.25) is 9.89 Å². The van der Waals surface area contributed by atoms with Gasteiger partial charge < -0.3 is 24.4 Å². The first-order chi connectivity index (χ1) is 19.4. The van der Waals surface area contributed by atoms with Crippen molar-refractivity contribution in [3.05, 3.63) is 93.0 Å². The quantitative estimate of drug-likeness (QED) is 0.385. The van der Waals surface area contributed by atoms with Crippen LogP contribution < -0.4 is 14.8 Å². The van der Waals surface area contributed by atoms with Crippen molar-refractivity contribution in [1.29, 1.82) is 0 Å². The van der Waals surface area contributed by atoms with Crippen LogP contribution >= 0.6 is 23.2 Å². The molecule has 5 rings (SSSR count). The third kappa shape index (κ3) is 5.63. The van der Waals surface area contributed by atoms with E-state index >= 15 is 0 Å². The van der Waals surface area contributed by atoms with Gasteiger partial charge in [-0.2, -0.15) is 0 Å². The molecule has 10 heteroatoms. The summed E-state index contributed by atoms with van der Waals surface area (Å²) in [7, 11) is 4.83. The van der Waals surface area contributed by atoms with Gasteiger partial charge in [0.25, 0.3) is 0 Å². The molecule has 210 valence electrons. The Morgan fingerprint density at radius 1 is 0.900 bits per heavy atom. The highest BCUT2D eigenvalue weighted by molar-refractivity contribution is 6.30. The summed E-state index contributed by atoms with van der Waals surface area (Å²) < 4.78 is 16.9. The molecule has 0 radical (unpaired) electrons. The number of halogens is 2. The summed E-state index contributed by atoms with van der Waals surface area (Å²) in [6.45, 7) is 2.96. The minimum atomic E-state index is -0.437. The van der Waals surface area contributed by atoms with Crippen molar-refractivity contribution < 1.29 is 19.0 Å². The molecule has 8 nitrogen and oxygen atoms in total. The van der Waals surface area contributed by atoms with Gasteiger partial charge in [0, 0.05) is 55.0 Å². The molecule has 1 N–H and O–H groups in total. The Labute approximate surface area is 244 Å². The fraction of sp³-hybridized carbons (Fsp3) is 0.333. The van der Waals surface area contributed by atoms with Crippen molar-refractivity contribution in [2.24, 2.45) is 4.99 Å². The Morgan fingerprint density at radius 3 is 2.08 bits per heavy atom. The monoisotopic (exact) mass is 582 g/mol. The molecule has 2 atom stereocenters. The number of carbonyl (C=O) groups excluding carboxylic acids is 1. The predicted octanol–water partition coefficient (Wildman–Crippen LogP) is 5.73. The molecular weight excluding hydrogens is 551 g/mol. The molecular formula is C30H32Cl2N4O4. The molecule has 2 amide bonds.